The molecule has 0 fully saturated rings. The molecule has 0 atom stereocenters. The average Bonchev–Trinajstić information content (AvgIpc) is 3.26. The molecule has 2 aromatic heterocycles. The molecule has 4 aromatic rings. The first-order chi connectivity index (χ1) is 15.5. The highest BCUT2D eigenvalue weighted by Gasteiger charge is 2.21. The van der Waals surface area contributed by atoms with Crippen molar-refractivity contribution in [3.63, 3.8) is 0 Å². The van der Waals surface area contributed by atoms with Gasteiger partial charge in [0.25, 0.3) is 0 Å². The summed E-state index contributed by atoms with van der Waals surface area (Å²) in [4.78, 5) is 34.2. The molecule has 2 aromatic carbocycles. The number of carbonyl (C=O) groups excluding carboxylic acids is 2. The Morgan fingerprint density at radius 2 is 1.94 bits per heavy atom. The molecule has 0 aliphatic rings. The Bertz CT molecular complexity index is 1310. The minimum Gasteiger partial charge on any atom is -0.456 e. The van der Waals surface area contributed by atoms with Crippen molar-refractivity contribution in [3.8, 4) is 0 Å². The lowest BCUT2D eigenvalue weighted by molar-refractivity contribution is -0.139. The lowest BCUT2D eigenvalue weighted by Gasteiger charge is -2.18. The van der Waals surface area contributed by atoms with E-state index in [-0.39, 0.29) is 18.2 Å². The fraction of sp³-hybridized carbons (Fsp3) is 0.0833. The van der Waals surface area contributed by atoms with Gasteiger partial charge in [-0.25, -0.2) is 14.2 Å². The molecule has 0 saturated carbocycles. The number of esters is 1. The number of aromatic nitrogens is 2. The predicted molar refractivity (Wildman–Crippen MR) is 122 cm³/mol. The quantitative estimate of drug-likeness (QED) is 0.297. The highest BCUT2D eigenvalue weighted by molar-refractivity contribution is 7.14. The largest absolute Gasteiger partial charge is 0.456 e. The third kappa shape index (κ3) is 4.70. The number of nitrogens with zero attached hydrogens (tertiary/aromatic N) is 3. The van der Waals surface area contributed by atoms with Crippen LogP contribution in [0, 0.1) is 5.82 Å². The average molecular weight is 447 g/mol. The Labute approximate surface area is 187 Å². The van der Waals surface area contributed by atoms with E-state index in [1.54, 1.807) is 29.8 Å². The fourth-order valence-corrected chi connectivity index (χ4v) is 3.98. The van der Waals surface area contributed by atoms with Crippen molar-refractivity contribution in [2.45, 2.75) is 13.5 Å². The number of hydrogen-bond donors (Lipinski definition) is 0. The van der Waals surface area contributed by atoms with Crippen LogP contribution in [0.4, 0.5) is 15.2 Å². The van der Waals surface area contributed by atoms with E-state index in [4.69, 9.17) is 4.74 Å². The van der Waals surface area contributed by atoms with Gasteiger partial charge in [-0.05, 0) is 24.3 Å². The Kier molecular flexibility index (Phi) is 6.32. The van der Waals surface area contributed by atoms with Crippen LogP contribution in [-0.4, -0.2) is 21.8 Å². The predicted octanol–water partition coefficient (Wildman–Crippen LogP) is 5.27. The van der Waals surface area contributed by atoms with Gasteiger partial charge in [0.05, 0.1) is 16.9 Å². The lowest BCUT2D eigenvalue weighted by atomic mass is 10.1. The molecular weight excluding hydrogens is 429 g/mol. The summed E-state index contributed by atoms with van der Waals surface area (Å²) in [5.41, 5.74) is 2.17. The summed E-state index contributed by atoms with van der Waals surface area (Å²) in [5.74, 6) is -1.44. The highest BCUT2D eigenvalue weighted by atomic mass is 32.1. The van der Waals surface area contributed by atoms with Crippen molar-refractivity contribution in [1.82, 2.24) is 9.97 Å². The van der Waals surface area contributed by atoms with Crippen molar-refractivity contribution in [2.75, 3.05) is 4.90 Å². The monoisotopic (exact) mass is 447 g/mol. The summed E-state index contributed by atoms with van der Waals surface area (Å²) in [6, 6.07) is 15.5. The van der Waals surface area contributed by atoms with E-state index in [9.17, 15) is 14.0 Å². The van der Waals surface area contributed by atoms with E-state index in [1.807, 2.05) is 30.3 Å². The fourth-order valence-electron chi connectivity index (χ4n) is 3.12. The summed E-state index contributed by atoms with van der Waals surface area (Å²) in [6.45, 7) is 1.26. The molecule has 32 heavy (non-hydrogen) atoms. The minimum absolute atomic E-state index is 0.0729. The van der Waals surface area contributed by atoms with Gasteiger partial charge >= 0.3 is 5.97 Å². The first-order valence-electron chi connectivity index (χ1n) is 9.71. The molecule has 0 saturated heterocycles. The van der Waals surface area contributed by atoms with Crippen LogP contribution in [0.2, 0.25) is 0 Å². The van der Waals surface area contributed by atoms with Gasteiger partial charge in [-0.2, -0.15) is 0 Å². The molecule has 160 valence electrons. The molecule has 8 heteroatoms. The molecular formula is C24H18FN3O3S. The van der Waals surface area contributed by atoms with Crippen LogP contribution >= 0.6 is 11.3 Å². The topological polar surface area (TPSA) is 72.4 Å². The van der Waals surface area contributed by atoms with E-state index in [1.165, 1.54) is 30.0 Å². The lowest BCUT2D eigenvalue weighted by Crippen LogP contribution is -2.23. The Hall–Kier alpha value is -3.91. The highest BCUT2D eigenvalue weighted by Crippen LogP contribution is 2.30. The molecule has 0 bridgehead atoms. The van der Waals surface area contributed by atoms with E-state index < -0.39 is 11.8 Å². The number of amides is 1. The number of pyridine rings is 1. The summed E-state index contributed by atoms with van der Waals surface area (Å²) in [7, 11) is 0. The van der Waals surface area contributed by atoms with Crippen LogP contribution in [-0.2, 0) is 20.9 Å². The Balaban J connectivity index is 1.43. The molecule has 4 rings (SSSR count). The minimum atomic E-state index is -0.537. The Morgan fingerprint density at radius 3 is 2.75 bits per heavy atom. The van der Waals surface area contributed by atoms with Gasteiger partial charge in [-0.3, -0.25) is 14.7 Å². The summed E-state index contributed by atoms with van der Waals surface area (Å²) in [5, 5.41) is 2.94. The molecule has 6 nitrogen and oxygen atoms in total. The molecule has 0 unspecified atom stereocenters. The van der Waals surface area contributed by atoms with Crippen LogP contribution in [0.5, 0.6) is 0 Å². The van der Waals surface area contributed by atoms with Gasteiger partial charge in [0.1, 0.15) is 12.4 Å². The number of ether oxygens (including phenoxy) is 1. The molecule has 0 spiro atoms. The SMILES string of the molecule is CC(=O)N(c1nc(COC(=O)/C=C/c2cccc3cccnc23)cs1)c1ccccc1F. The first kappa shape index (κ1) is 21.3. The second kappa shape index (κ2) is 9.49. The normalized spacial score (nSPS) is 11.1. The van der Waals surface area contributed by atoms with Crippen molar-refractivity contribution in [2.24, 2.45) is 0 Å². The van der Waals surface area contributed by atoms with Gasteiger partial charge in [0.2, 0.25) is 5.91 Å². The van der Waals surface area contributed by atoms with Crippen LogP contribution < -0.4 is 4.90 Å². The van der Waals surface area contributed by atoms with E-state index in [0.29, 0.717) is 10.8 Å². The third-order valence-corrected chi connectivity index (χ3v) is 5.44. The van der Waals surface area contributed by atoms with Crippen molar-refractivity contribution < 1.29 is 18.7 Å². The number of carbonyl (C=O) groups is 2. The maximum atomic E-state index is 14.2. The van der Waals surface area contributed by atoms with Gasteiger partial charge < -0.3 is 4.74 Å². The standard InChI is InChI=1S/C24H18FN3O3S/c1-16(29)28(21-10-3-2-9-20(21)25)24-27-19(15-32-24)14-31-22(30)12-11-18-7-4-6-17-8-5-13-26-23(17)18/h2-13,15H,14H2,1H3/b12-11+. The number of rotatable bonds is 6. The summed E-state index contributed by atoms with van der Waals surface area (Å²) in [6.07, 6.45) is 4.68. The van der Waals surface area contributed by atoms with Crippen LogP contribution in [0.3, 0.4) is 0 Å². The summed E-state index contributed by atoms with van der Waals surface area (Å²) >= 11 is 1.16. The van der Waals surface area contributed by atoms with E-state index in [0.717, 1.165) is 27.8 Å². The number of thiazole rings is 1. The zero-order valence-corrected chi connectivity index (χ0v) is 17.9. The van der Waals surface area contributed by atoms with Crippen molar-refractivity contribution >= 4 is 51.0 Å². The number of anilines is 2. The second-order valence-corrected chi connectivity index (χ2v) is 7.63. The van der Waals surface area contributed by atoms with Gasteiger partial charge in [-0.1, -0.05) is 36.4 Å². The molecule has 0 radical (unpaired) electrons. The molecule has 0 aliphatic carbocycles. The smallest absolute Gasteiger partial charge is 0.331 e. The number of para-hydroxylation sites is 2. The zero-order chi connectivity index (χ0) is 22.5. The molecule has 2 heterocycles. The molecule has 0 N–H and O–H groups in total. The molecule has 0 aliphatic heterocycles. The first-order valence-corrected chi connectivity index (χ1v) is 10.6. The maximum Gasteiger partial charge on any atom is 0.331 e. The number of hydrogen-bond acceptors (Lipinski definition) is 6. The third-order valence-electron chi connectivity index (χ3n) is 4.56. The summed E-state index contributed by atoms with van der Waals surface area (Å²) < 4.78 is 19.4. The van der Waals surface area contributed by atoms with Crippen LogP contribution in [0.15, 0.2) is 72.3 Å². The zero-order valence-electron chi connectivity index (χ0n) is 17.1. The number of halogens is 1. The number of benzene rings is 2. The van der Waals surface area contributed by atoms with Crippen LogP contribution in [0.25, 0.3) is 17.0 Å². The number of fused-ring (bicyclic) bond motifs is 1. The van der Waals surface area contributed by atoms with Gasteiger partial charge in [-0.15, -0.1) is 11.3 Å². The molecule has 1 amide bonds. The van der Waals surface area contributed by atoms with Gasteiger partial charge in [0, 0.05) is 35.5 Å². The second-order valence-electron chi connectivity index (χ2n) is 6.79. The van der Waals surface area contributed by atoms with E-state index in [2.05, 4.69) is 9.97 Å². The van der Waals surface area contributed by atoms with E-state index >= 15 is 0 Å². The maximum absolute atomic E-state index is 14.2. The van der Waals surface area contributed by atoms with Gasteiger partial charge in [0.15, 0.2) is 5.13 Å². The van der Waals surface area contributed by atoms with Crippen LogP contribution in [0.1, 0.15) is 18.2 Å². The van der Waals surface area contributed by atoms with Crippen molar-refractivity contribution in [3.05, 3.63) is 89.3 Å². The Morgan fingerprint density at radius 1 is 1.12 bits per heavy atom. The van der Waals surface area contributed by atoms with Crippen molar-refractivity contribution in [1.29, 1.82) is 0 Å².